The highest BCUT2D eigenvalue weighted by Gasteiger charge is 2.67. The van der Waals surface area contributed by atoms with E-state index in [1.165, 1.54) is 5.01 Å². The fourth-order valence-electron chi connectivity index (χ4n) is 10.3. The Morgan fingerprint density at radius 3 is 2.25 bits per heavy atom. The van der Waals surface area contributed by atoms with Crippen LogP contribution in [0.5, 0.6) is 5.75 Å². The number of para-hydroxylation sites is 1. The Balaban J connectivity index is 1.17. The van der Waals surface area contributed by atoms with Crippen LogP contribution in [0.4, 0.5) is 17.1 Å². The minimum atomic E-state index is -2.61. The molecule has 10 nitrogen and oxygen atoms in total. The summed E-state index contributed by atoms with van der Waals surface area (Å²) in [5.74, 6) is -0.136. The van der Waals surface area contributed by atoms with Crippen LogP contribution in [-0.4, -0.2) is 67.4 Å². The molecule has 4 aliphatic heterocycles. The first kappa shape index (κ1) is 39.6. The average Bonchev–Trinajstić information content (AvgIpc) is 3.72. The first-order chi connectivity index (χ1) is 29.0. The molecule has 0 saturated carbocycles. The Hall–Kier alpha value is -5.88. The van der Waals surface area contributed by atoms with Crippen LogP contribution in [0.2, 0.25) is 18.6 Å². The lowest BCUT2D eigenvalue weighted by Gasteiger charge is -2.39. The molecular weight excluding hydrogens is 769 g/mol. The van der Waals surface area contributed by atoms with Gasteiger partial charge in [0.25, 0.3) is 5.91 Å². The molecule has 1 spiro atoms. The first-order valence-corrected chi connectivity index (χ1v) is 23.9. The second-order valence-electron chi connectivity index (χ2n) is 17.0. The molecule has 4 heterocycles. The number of aliphatic hydroxyl groups excluding tert-OH is 1. The number of benzene rings is 5. The topological polar surface area (TPSA) is 112 Å². The largest absolute Gasteiger partial charge is 0.497 e. The third kappa shape index (κ3) is 6.56. The van der Waals surface area contributed by atoms with E-state index in [9.17, 15) is 14.7 Å². The molecular formula is C49H50N4O6Si. The average molecular weight is 819 g/mol. The van der Waals surface area contributed by atoms with Crippen molar-refractivity contribution in [1.29, 1.82) is 0 Å². The molecule has 0 radical (unpaired) electrons. The molecule has 5 aromatic rings. The van der Waals surface area contributed by atoms with Gasteiger partial charge < -0.3 is 19.5 Å². The van der Waals surface area contributed by atoms with Crippen LogP contribution in [0.15, 0.2) is 132 Å². The number of ether oxygens (including phenoxy) is 2. The van der Waals surface area contributed by atoms with Gasteiger partial charge in [-0.15, -0.1) is 0 Å². The summed E-state index contributed by atoms with van der Waals surface area (Å²) in [6.45, 7) is 6.91. The van der Waals surface area contributed by atoms with Gasteiger partial charge in [0.2, 0.25) is 11.8 Å². The van der Waals surface area contributed by atoms with E-state index in [4.69, 9.17) is 14.6 Å². The highest BCUT2D eigenvalue weighted by molar-refractivity contribution is 6.91. The lowest BCUT2D eigenvalue weighted by atomic mass is 9.82. The Morgan fingerprint density at radius 1 is 0.867 bits per heavy atom. The van der Waals surface area contributed by atoms with Gasteiger partial charge in [0, 0.05) is 36.6 Å². The van der Waals surface area contributed by atoms with Crippen molar-refractivity contribution in [3.05, 3.63) is 150 Å². The normalized spacial score (nSPS) is 23.8. The zero-order chi connectivity index (χ0) is 41.8. The van der Waals surface area contributed by atoms with Gasteiger partial charge in [-0.25, -0.2) is 5.01 Å². The van der Waals surface area contributed by atoms with Gasteiger partial charge in [0.1, 0.15) is 5.75 Å². The van der Waals surface area contributed by atoms with Gasteiger partial charge in [0.05, 0.1) is 57.4 Å². The number of hydrogen-bond donors (Lipinski definition) is 1. The highest BCUT2D eigenvalue weighted by Crippen LogP contribution is 2.61. The summed E-state index contributed by atoms with van der Waals surface area (Å²) >= 11 is 0. The number of nitrogens with zero attached hydrogens (tertiary/aromatic N) is 4. The van der Waals surface area contributed by atoms with Crippen LogP contribution < -0.4 is 19.8 Å². The molecule has 4 aliphatic rings. The fourth-order valence-corrected chi connectivity index (χ4v) is 14.3. The number of aliphatic hydroxyl groups is 1. The second kappa shape index (κ2) is 15.6. The Morgan fingerprint density at radius 2 is 1.55 bits per heavy atom. The van der Waals surface area contributed by atoms with Crippen molar-refractivity contribution in [3.63, 3.8) is 0 Å². The zero-order valence-electron chi connectivity index (χ0n) is 34.5. The van der Waals surface area contributed by atoms with Crippen LogP contribution >= 0.6 is 0 Å². The van der Waals surface area contributed by atoms with Crippen molar-refractivity contribution >= 4 is 53.8 Å². The molecule has 5 aromatic carbocycles. The second-order valence-corrected chi connectivity index (χ2v) is 21.7. The molecule has 0 aliphatic carbocycles. The van der Waals surface area contributed by atoms with Gasteiger partial charge in [-0.1, -0.05) is 110 Å². The van der Waals surface area contributed by atoms with Gasteiger partial charge in [-0.2, -0.15) is 5.10 Å². The lowest BCUT2D eigenvalue weighted by molar-refractivity contribution is -0.150. The molecule has 1 fully saturated rings. The molecule has 11 heteroatoms. The lowest BCUT2D eigenvalue weighted by Crippen LogP contribution is -2.52. The number of rotatable bonds is 9. The summed E-state index contributed by atoms with van der Waals surface area (Å²) in [5.41, 5.74) is 4.81. The van der Waals surface area contributed by atoms with E-state index < -0.39 is 25.7 Å². The predicted octanol–water partition coefficient (Wildman–Crippen LogP) is 7.46. The molecule has 3 amide bonds. The summed E-state index contributed by atoms with van der Waals surface area (Å²) in [7, 11) is -0.966. The fraction of sp³-hybridized carbons (Fsp3) is 0.306. The molecule has 0 unspecified atom stereocenters. The molecule has 5 atom stereocenters. The highest BCUT2D eigenvalue weighted by atomic mass is 28.3. The van der Waals surface area contributed by atoms with Gasteiger partial charge in [-0.3, -0.25) is 19.3 Å². The SMILES string of the molecule is COc1ccc([Si](C)(C)[C@H]2[C@H](CC(=O)N3Cc4ccccc4C[C@H]3CO)O[C@@]3(C(=O)N(c4ccccc4)c4ccc(N5N=C(c6ccccc6)CCC5=O)cc43)[C@@H]2C)cc1. The van der Waals surface area contributed by atoms with Crippen LogP contribution in [0.25, 0.3) is 0 Å². The quantitative estimate of drug-likeness (QED) is 0.155. The van der Waals surface area contributed by atoms with E-state index in [0.717, 1.165) is 33.3 Å². The molecule has 1 saturated heterocycles. The van der Waals surface area contributed by atoms with E-state index in [0.29, 0.717) is 48.4 Å². The van der Waals surface area contributed by atoms with Gasteiger partial charge in [0.15, 0.2) is 5.60 Å². The van der Waals surface area contributed by atoms with Crippen LogP contribution in [0, 0.1) is 5.92 Å². The van der Waals surface area contributed by atoms with E-state index in [1.807, 2.05) is 109 Å². The Labute approximate surface area is 352 Å². The third-order valence-corrected chi connectivity index (χ3v) is 17.7. The van der Waals surface area contributed by atoms with Crippen LogP contribution in [-0.2, 0) is 37.7 Å². The molecule has 0 bridgehead atoms. The van der Waals surface area contributed by atoms with Crippen molar-refractivity contribution in [2.24, 2.45) is 11.0 Å². The number of fused-ring (bicyclic) bond motifs is 3. The van der Waals surface area contributed by atoms with Crippen LogP contribution in [0.1, 0.15) is 48.4 Å². The van der Waals surface area contributed by atoms with Gasteiger partial charge >= 0.3 is 0 Å². The maximum Gasteiger partial charge on any atom is 0.268 e. The summed E-state index contributed by atoms with van der Waals surface area (Å²) in [5, 5.41) is 18.1. The van der Waals surface area contributed by atoms with Crippen molar-refractivity contribution in [1.82, 2.24) is 4.90 Å². The zero-order valence-corrected chi connectivity index (χ0v) is 35.5. The summed E-state index contributed by atoms with van der Waals surface area (Å²) in [4.78, 5) is 47.6. The Bertz CT molecular complexity index is 2480. The first-order valence-electron chi connectivity index (χ1n) is 20.8. The number of amides is 3. The standard InChI is InChI=1S/C49H50N4O6Si/c1-32-47(60(3,4)40-22-20-39(58-2)21-23-40)44(29-46(56)51-30-35-16-12-11-15-34(35)27-38(51)31-54)59-49(32)41-28-37(19-25-43(41)52(48(49)57)36-17-9-6-10-18-36)53-45(55)26-24-42(50-53)33-13-7-5-8-14-33/h5-23,25,28,32,38,44,47,54H,24,26-27,29-31H2,1-4H3/t32-,38+,44+,47-,49+/m1/s1. The van der Waals surface area contributed by atoms with E-state index in [1.54, 1.807) is 16.9 Å². The summed E-state index contributed by atoms with van der Waals surface area (Å²) < 4.78 is 12.9. The molecule has 306 valence electrons. The predicted molar refractivity (Wildman–Crippen MR) is 235 cm³/mol. The van der Waals surface area contributed by atoms with Crippen molar-refractivity contribution in [2.75, 3.05) is 23.6 Å². The van der Waals surface area contributed by atoms with E-state index >= 15 is 4.79 Å². The maximum atomic E-state index is 15.6. The summed E-state index contributed by atoms with van der Waals surface area (Å²) in [6.07, 6.45) is 0.761. The van der Waals surface area contributed by atoms with E-state index in [2.05, 4.69) is 38.2 Å². The van der Waals surface area contributed by atoms with Crippen molar-refractivity contribution in [3.8, 4) is 5.75 Å². The van der Waals surface area contributed by atoms with Gasteiger partial charge in [-0.05, 0) is 71.1 Å². The van der Waals surface area contributed by atoms with E-state index in [-0.39, 0.29) is 42.3 Å². The minimum Gasteiger partial charge on any atom is -0.497 e. The molecule has 0 aromatic heterocycles. The smallest absolute Gasteiger partial charge is 0.268 e. The number of hydrogen-bond acceptors (Lipinski definition) is 7. The monoisotopic (exact) mass is 818 g/mol. The molecule has 1 N–H and O–H groups in total. The van der Waals surface area contributed by atoms with Crippen molar-refractivity contribution < 1.29 is 29.0 Å². The van der Waals surface area contributed by atoms with Crippen molar-refractivity contribution in [2.45, 2.75) is 75.5 Å². The number of carbonyl (C=O) groups excluding carboxylic acids is 3. The molecule has 9 rings (SSSR count). The number of methoxy groups -OCH3 is 1. The Kier molecular flexibility index (Phi) is 10.3. The molecule has 60 heavy (non-hydrogen) atoms. The minimum absolute atomic E-state index is 0.0327. The third-order valence-electron chi connectivity index (χ3n) is 13.4. The number of hydrazone groups is 1. The van der Waals surface area contributed by atoms with Crippen LogP contribution in [0.3, 0.4) is 0 Å². The summed E-state index contributed by atoms with van der Waals surface area (Å²) in [6, 6.07) is 40.9. The number of carbonyl (C=O) groups is 3. The maximum absolute atomic E-state index is 15.6. The number of anilines is 3.